The van der Waals surface area contributed by atoms with Crippen molar-refractivity contribution in [2.75, 3.05) is 52.5 Å². The first-order valence-electron chi connectivity index (χ1n) is 9.76. The minimum absolute atomic E-state index is 0.0595. The van der Waals surface area contributed by atoms with Crippen molar-refractivity contribution in [3.05, 3.63) is 17.5 Å². The second-order valence-corrected chi connectivity index (χ2v) is 7.33. The number of aromatic nitrogens is 2. The molecule has 0 unspecified atom stereocenters. The van der Waals surface area contributed by atoms with Gasteiger partial charge in [-0.3, -0.25) is 19.7 Å². The molecule has 3 saturated heterocycles. The Morgan fingerprint density at radius 1 is 1.30 bits per heavy atom. The van der Waals surface area contributed by atoms with E-state index < -0.39 is 0 Å². The van der Waals surface area contributed by atoms with Gasteiger partial charge in [0.2, 0.25) is 0 Å². The van der Waals surface area contributed by atoms with Crippen molar-refractivity contribution in [2.24, 2.45) is 0 Å². The molecule has 4 heterocycles. The van der Waals surface area contributed by atoms with Gasteiger partial charge in [0.05, 0.1) is 25.8 Å². The van der Waals surface area contributed by atoms with Crippen LogP contribution < -0.4 is 0 Å². The highest BCUT2D eigenvalue weighted by Crippen LogP contribution is 2.28. The van der Waals surface area contributed by atoms with Gasteiger partial charge in [0.25, 0.3) is 5.91 Å². The standard InChI is InChI=1S/C18H27N5O4/c1-2-13-10-14(20-19-13)17(24)22-11-15-16(12-22)27-18(25)23(15)5-3-4-21-6-8-26-9-7-21/h10,15-16H,2-9,11-12H2,1H3,(H,19,20)/t15-,16+/m0/s1. The van der Waals surface area contributed by atoms with Gasteiger partial charge in [0, 0.05) is 38.4 Å². The van der Waals surface area contributed by atoms with Gasteiger partial charge in [-0.15, -0.1) is 0 Å². The number of carbonyl (C=O) groups excluding carboxylic acids is 2. The van der Waals surface area contributed by atoms with Crippen molar-refractivity contribution in [1.29, 1.82) is 0 Å². The van der Waals surface area contributed by atoms with Crippen LogP contribution in [-0.2, 0) is 15.9 Å². The van der Waals surface area contributed by atoms with E-state index in [0.717, 1.165) is 51.4 Å². The summed E-state index contributed by atoms with van der Waals surface area (Å²) in [6.07, 6.45) is 1.20. The van der Waals surface area contributed by atoms with Crippen LogP contribution in [0.5, 0.6) is 0 Å². The number of nitrogens with one attached hydrogen (secondary N) is 1. The molecule has 1 N–H and O–H groups in total. The zero-order chi connectivity index (χ0) is 18.8. The first-order chi connectivity index (χ1) is 13.2. The lowest BCUT2D eigenvalue weighted by Gasteiger charge is -2.28. The number of rotatable bonds is 6. The van der Waals surface area contributed by atoms with Crippen molar-refractivity contribution in [3.8, 4) is 0 Å². The molecule has 0 radical (unpaired) electrons. The number of nitrogens with zero attached hydrogens (tertiary/aromatic N) is 4. The molecule has 0 aliphatic carbocycles. The van der Waals surface area contributed by atoms with Gasteiger partial charge in [-0.05, 0) is 18.9 Å². The van der Waals surface area contributed by atoms with E-state index in [1.54, 1.807) is 15.9 Å². The van der Waals surface area contributed by atoms with Crippen molar-refractivity contribution < 1.29 is 19.1 Å². The molecule has 1 aromatic heterocycles. The van der Waals surface area contributed by atoms with Gasteiger partial charge in [-0.1, -0.05) is 6.92 Å². The summed E-state index contributed by atoms with van der Waals surface area (Å²) in [6, 6.07) is 1.73. The molecule has 0 bridgehead atoms. The van der Waals surface area contributed by atoms with E-state index in [0.29, 0.717) is 25.3 Å². The smallest absolute Gasteiger partial charge is 0.410 e. The SMILES string of the molecule is CCc1cc(C(=O)N2C[C@H]3OC(=O)N(CCCN4CCOCC4)[C@H]3C2)n[nH]1. The van der Waals surface area contributed by atoms with E-state index in [4.69, 9.17) is 9.47 Å². The van der Waals surface area contributed by atoms with Crippen molar-refractivity contribution in [2.45, 2.75) is 31.9 Å². The molecule has 0 saturated carbocycles. The molecule has 3 fully saturated rings. The minimum Gasteiger partial charge on any atom is -0.442 e. The maximum Gasteiger partial charge on any atom is 0.410 e. The summed E-state index contributed by atoms with van der Waals surface area (Å²) in [4.78, 5) is 30.8. The number of carbonyl (C=O) groups is 2. The zero-order valence-corrected chi connectivity index (χ0v) is 15.7. The highest BCUT2D eigenvalue weighted by Gasteiger charge is 2.48. The molecule has 0 aromatic carbocycles. The molecule has 1 aromatic rings. The quantitative estimate of drug-likeness (QED) is 0.769. The number of H-pyrrole nitrogens is 1. The maximum atomic E-state index is 12.7. The second-order valence-electron chi connectivity index (χ2n) is 7.33. The van der Waals surface area contributed by atoms with Gasteiger partial charge in [-0.2, -0.15) is 5.10 Å². The predicted octanol–water partition coefficient (Wildman–Crippen LogP) is 0.340. The number of amides is 2. The van der Waals surface area contributed by atoms with Crippen LogP contribution >= 0.6 is 0 Å². The summed E-state index contributed by atoms with van der Waals surface area (Å²) in [5.41, 5.74) is 1.37. The fourth-order valence-electron chi connectivity index (χ4n) is 4.03. The van der Waals surface area contributed by atoms with Crippen molar-refractivity contribution in [3.63, 3.8) is 0 Å². The van der Waals surface area contributed by atoms with E-state index in [1.165, 1.54) is 0 Å². The number of hydrogen-bond donors (Lipinski definition) is 1. The highest BCUT2D eigenvalue weighted by molar-refractivity contribution is 5.93. The Morgan fingerprint density at radius 2 is 2.11 bits per heavy atom. The molecular weight excluding hydrogens is 350 g/mol. The van der Waals surface area contributed by atoms with Crippen molar-refractivity contribution in [1.82, 2.24) is 24.9 Å². The minimum atomic E-state index is -0.257. The molecule has 2 amide bonds. The molecule has 4 rings (SSSR count). The molecule has 9 heteroatoms. The zero-order valence-electron chi connectivity index (χ0n) is 15.7. The Labute approximate surface area is 158 Å². The Morgan fingerprint density at radius 3 is 2.85 bits per heavy atom. The summed E-state index contributed by atoms with van der Waals surface area (Å²) in [6.45, 7) is 7.99. The van der Waals surface area contributed by atoms with E-state index in [1.807, 2.05) is 6.92 Å². The summed E-state index contributed by atoms with van der Waals surface area (Å²) < 4.78 is 10.9. The molecule has 27 heavy (non-hydrogen) atoms. The first kappa shape index (κ1) is 18.2. The molecule has 2 atom stereocenters. The highest BCUT2D eigenvalue weighted by atomic mass is 16.6. The summed E-state index contributed by atoms with van der Waals surface area (Å²) in [5.74, 6) is -0.107. The second kappa shape index (κ2) is 7.85. The monoisotopic (exact) mass is 377 g/mol. The fourth-order valence-corrected chi connectivity index (χ4v) is 4.03. The number of fused-ring (bicyclic) bond motifs is 1. The molecule has 148 valence electrons. The molecule has 0 spiro atoms. The number of likely N-dealkylation sites (tertiary alicyclic amines) is 1. The number of aromatic amines is 1. The average molecular weight is 377 g/mol. The van der Waals surface area contributed by atoms with Crippen LogP contribution in [0, 0.1) is 0 Å². The Bertz CT molecular complexity index is 687. The summed E-state index contributed by atoms with van der Waals surface area (Å²) >= 11 is 0. The van der Waals surface area contributed by atoms with Crippen molar-refractivity contribution >= 4 is 12.0 Å². The van der Waals surface area contributed by atoms with Crippen LogP contribution in [0.25, 0.3) is 0 Å². The third-order valence-electron chi connectivity index (χ3n) is 5.62. The third kappa shape index (κ3) is 3.79. The van der Waals surface area contributed by atoms with Crippen LogP contribution in [0.15, 0.2) is 6.07 Å². The summed E-state index contributed by atoms with van der Waals surface area (Å²) in [7, 11) is 0. The van der Waals surface area contributed by atoms with E-state index in [2.05, 4.69) is 15.1 Å². The summed E-state index contributed by atoms with van der Waals surface area (Å²) in [5, 5.41) is 6.99. The maximum absolute atomic E-state index is 12.7. The van der Waals surface area contributed by atoms with E-state index in [-0.39, 0.29) is 24.1 Å². The van der Waals surface area contributed by atoms with Gasteiger partial charge in [0.1, 0.15) is 11.8 Å². The lowest BCUT2D eigenvalue weighted by atomic mass is 10.2. The van der Waals surface area contributed by atoms with E-state index in [9.17, 15) is 9.59 Å². The Kier molecular flexibility index (Phi) is 5.31. The normalized spacial score (nSPS) is 25.7. The van der Waals surface area contributed by atoms with Crippen LogP contribution in [0.3, 0.4) is 0 Å². The van der Waals surface area contributed by atoms with Gasteiger partial charge < -0.3 is 14.4 Å². The molecule has 3 aliphatic heterocycles. The lowest BCUT2D eigenvalue weighted by molar-refractivity contribution is 0.0362. The van der Waals surface area contributed by atoms with Gasteiger partial charge >= 0.3 is 6.09 Å². The third-order valence-corrected chi connectivity index (χ3v) is 5.62. The molecule has 3 aliphatic rings. The average Bonchev–Trinajstić information content (AvgIpc) is 3.38. The topological polar surface area (TPSA) is 91.0 Å². The fraction of sp³-hybridized carbons (Fsp3) is 0.722. The number of hydrogen-bond acceptors (Lipinski definition) is 6. The number of aryl methyl sites for hydroxylation is 1. The Balaban J connectivity index is 1.31. The molecule has 9 nitrogen and oxygen atoms in total. The molecular formula is C18H27N5O4. The van der Waals surface area contributed by atoms with Crippen LogP contribution in [0.2, 0.25) is 0 Å². The van der Waals surface area contributed by atoms with Gasteiger partial charge in [-0.25, -0.2) is 4.79 Å². The Hall–Kier alpha value is -2.13. The number of ether oxygens (including phenoxy) is 2. The largest absolute Gasteiger partial charge is 0.442 e. The van der Waals surface area contributed by atoms with Gasteiger partial charge in [0.15, 0.2) is 0 Å². The predicted molar refractivity (Wildman–Crippen MR) is 96.5 cm³/mol. The van der Waals surface area contributed by atoms with E-state index >= 15 is 0 Å². The number of morpholine rings is 1. The van der Waals surface area contributed by atoms with Crippen LogP contribution in [0.4, 0.5) is 4.79 Å². The first-order valence-corrected chi connectivity index (χ1v) is 9.76. The van der Waals surface area contributed by atoms with Crippen LogP contribution in [0.1, 0.15) is 29.5 Å². The lowest BCUT2D eigenvalue weighted by Crippen LogP contribution is -2.42. The van der Waals surface area contributed by atoms with Crippen LogP contribution in [-0.4, -0.2) is 102 Å².